The van der Waals surface area contributed by atoms with E-state index in [1.54, 1.807) is 11.8 Å². The molecule has 1 fully saturated rings. The molecule has 2 aliphatic rings. The van der Waals surface area contributed by atoms with Crippen LogP contribution in [-0.2, 0) is 9.53 Å². The molecule has 2 amide bonds. The zero-order valence-corrected chi connectivity index (χ0v) is 20.0. The van der Waals surface area contributed by atoms with E-state index < -0.39 is 12.1 Å². The van der Waals surface area contributed by atoms with Gasteiger partial charge in [0, 0.05) is 18.5 Å². The number of aliphatic carboxylic acids is 1. The minimum atomic E-state index is -0.943. The lowest BCUT2D eigenvalue weighted by atomic mass is 9.98. The first-order valence-electron chi connectivity index (χ1n) is 11.5. The summed E-state index contributed by atoms with van der Waals surface area (Å²) in [5, 5.41) is 11.9. The van der Waals surface area contributed by atoms with Crippen molar-refractivity contribution < 1.29 is 24.2 Å². The number of amides is 2. The summed E-state index contributed by atoms with van der Waals surface area (Å²) in [6.45, 7) is 2.04. The third-order valence-electron chi connectivity index (χ3n) is 6.36. The Hall–Kier alpha value is -3.72. The number of nitrogens with one attached hydrogen (secondary N) is 1. The third-order valence-corrected chi connectivity index (χ3v) is 7.42. The number of anilines is 1. The first kappa shape index (κ1) is 23.0. The van der Waals surface area contributed by atoms with Gasteiger partial charge in [-0.3, -0.25) is 14.9 Å². The minimum Gasteiger partial charge on any atom is -0.481 e. The summed E-state index contributed by atoms with van der Waals surface area (Å²) in [5.74, 6) is -1.24. The molecule has 0 radical (unpaired) electrons. The number of carboxylic acids is 1. The fourth-order valence-electron chi connectivity index (χ4n) is 4.55. The van der Waals surface area contributed by atoms with Gasteiger partial charge in [0.2, 0.25) is 0 Å². The van der Waals surface area contributed by atoms with Crippen LogP contribution in [0.2, 0.25) is 0 Å². The van der Waals surface area contributed by atoms with Crippen LogP contribution in [0.1, 0.15) is 51.7 Å². The van der Waals surface area contributed by atoms with Crippen molar-refractivity contribution in [2.24, 2.45) is 0 Å². The molecule has 0 saturated heterocycles. The van der Waals surface area contributed by atoms with Crippen LogP contribution in [0.3, 0.4) is 0 Å². The number of carbonyl (C=O) groups is 3. The molecule has 0 unspecified atom stereocenters. The van der Waals surface area contributed by atoms with Gasteiger partial charge in [0.25, 0.3) is 5.91 Å². The van der Waals surface area contributed by atoms with E-state index >= 15 is 0 Å². The van der Waals surface area contributed by atoms with Gasteiger partial charge in [0.1, 0.15) is 11.5 Å². The molecule has 8 nitrogen and oxygen atoms in total. The molecular weight excluding hydrogens is 466 g/mol. The van der Waals surface area contributed by atoms with Crippen LogP contribution in [-0.4, -0.2) is 52.2 Å². The molecule has 35 heavy (non-hydrogen) atoms. The highest BCUT2D eigenvalue weighted by Crippen LogP contribution is 2.44. The van der Waals surface area contributed by atoms with Crippen LogP contribution in [0, 0.1) is 6.92 Å². The van der Waals surface area contributed by atoms with Crippen LogP contribution in [0.4, 0.5) is 9.93 Å². The highest BCUT2D eigenvalue weighted by atomic mass is 32.1. The average Bonchev–Trinajstić information content (AvgIpc) is 3.54. The number of fused-ring (bicyclic) bond motifs is 3. The molecule has 0 bridgehead atoms. The normalized spacial score (nSPS) is 14.2. The quantitative estimate of drug-likeness (QED) is 0.464. The molecule has 1 aromatic heterocycles. The lowest BCUT2D eigenvalue weighted by molar-refractivity contribution is -0.137. The third kappa shape index (κ3) is 4.77. The van der Waals surface area contributed by atoms with Crippen molar-refractivity contribution >= 4 is 34.4 Å². The average molecular weight is 492 g/mol. The monoisotopic (exact) mass is 491 g/mol. The number of hydrogen-bond acceptors (Lipinski definition) is 6. The Bertz CT molecular complexity index is 1250. The van der Waals surface area contributed by atoms with E-state index in [-0.39, 0.29) is 42.6 Å². The molecule has 3 aromatic rings. The van der Waals surface area contributed by atoms with E-state index in [0.29, 0.717) is 10.6 Å². The highest BCUT2D eigenvalue weighted by Gasteiger charge is 2.35. The number of carboxylic acid groups (broad SMARTS) is 1. The van der Waals surface area contributed by atoms with Crippen molar-refractivity contribution in [3.05, 3.63) is 70.2 Å². The standard InChI is InChI=1S/C26H25N3O5S/c1-15-23(24(32)29(16-10-11-16)13-12-22(30)31)35-25(27-15)28-26(33)34-14-21-19-8-4-2-6-17(19)18-7-3-5-9-20(18)21/h2-9,16,21H,10-14H2,1H3,(H,30,31)(H,27,28,33). The lowest BCUT2D eigenvalue weighted by Crippen LogP contribution is -2.34. The number of aromatic nitrogens is 1. The number of carbonyl (C=O) groups excluding carboxylic acids is 2. The molecule has 1 heterocycles. The van der Waals surface area contributed by atoms with Gasteiger partial charge in [0.05, 0.1) is 12.1 Å². The maximum Gasteiger partial charge on any atom is 0.413 e. The predicted octanol–water partition coefficient (Wildman–Crippen LogP) is 4.89. The maximum absolute atomic E-state index is 13.1. The van der Waals surface area contributed by atoms with Crippen LogP contribution < -0.4 is 5.32 Å². The summed E-state index contributed by atoms with van der Waals surface area (Å²) in [4.78, 5) is 42.9. The number of nitrogens with zero attached hydrogens (tertiary/aromatic N) is 2. The Morgan fingerprint density at radius 1 is 1.09 bits per heavy atom. The van der Waals surface area contributed by atoms with Crippen molar-refractivity contribution in [3.8, 4) is 11.1 Å². The number of aryl methyl sites for hydroxylation is 1. The van der Waals surface area contributed by atoms with Gasteiger partial charge in [-0.2, -0.15) is 0 Å². The summed E-state index contributed by atoms with van der Waals surface area (Å²) in [7, 11) is 0. The van der Waals surface area contributed by atoms with E-state index in [1.165, 1.54) is 0 Å². The molecule has 9 heteroatoms. The first-order valence-corrected chi connectivity index (χ1v) is 12.4. The number of ether oxygens (including phenoxy) is 1. The second-order valence-corrected chi connectivity index (χ2v) is 9.76. The molecule has 180 valence electrons. The van der Waals surface area contributed by atoms with Crippen molar-refractivity contribution in [1.82, 2.24) is 9.88 Å². The van der Waals surface area contributed by atoms with E-state index in [4.69, 9.17) is 9.84 Å². The Labute approximate surface area is 206 Å². The zero-order valence-electron chi connectivity index (χ0n) is 19.2. The van der Waals surface area contributed by atoms with Gasteiger partial charge in [-0.1, -0.05) is 59.9 Å². The Morgan fingerprint density at radius 3 is 2.31 bits per heavy atom. The van der Waals surface area contributed by atoms with Crippen LogP contribution >= 0.6 is 11.3 Å². The van der Waals surface area contributed by atoms with Gasteiger partial charge in [-0.15, -0.1) is 0 Å². The highest BCUT2D eigenvalue weighted by molar-refractivity contribution is 7.17. The summed E-state index contributed by atoms with van der Waals surface area (Å²) < 4.78 is 5.57. The fraction of sp³-hybridized carbons (Fsp3) is 0.308. The topological polar surface area (TPSA) is 109 Å². The van der Waals surface area contributed by atoms with Crippen molar-refractivity contribution in [3.63, 3.8) is 0 Å². The summed E-state index contributed by atoms with van der Waals surface area (Å²) in [5.41, 5.74) is 5.05. The van der Waals surface area contributed by atoms with E-state index in [9.17, 15) is 14.4 Å². The van der Waals surface area contributed by atoms with E-state index in [0.717, 1.165) is 46.4 Å². The van der Waals surface area contributed by atoms with Gasteiger partial charge in [0.15, 0.2) is 5.13 Å². The predicted molar refractivity (Wildman–Crippen MR) is 132 cm³/mol. The molecule has 0 atom stereocenters. The second kappa shape index (κ2) is 9.50. The zero-order chi connectivity index (χ0) is 24.5. The number of benzene rings is 2. The Morgan fingerprint density at radius 2 is 1.71 bits per heavy atom. The van der Waals surface area contributed by atoms with E-state index in [1.807, 2.05) is 24.3 Å². The number of rotatable bonds is 8. The second-order valence-electron chi connectivity index (χ2n) is 8.76. The van der Waals surface area contributed by atoms with Crippen LogP contribution in [0.5, 0.6) is 0 Å². The molecule has 2 N–H and O–H groups in total. The smallest absolute Gasteiger partial charge is 0.413 e. The molecule has 2 aliphatic carbocycles. The summed E-state index contributed by atoms with van der Waals surface area (Å²) in [6, 6.07) is 16.3. The molecule has 1 saturated carbocycles. The minimum absolute atomic E-state index is 0.0512. The van der Waals surface area contributed by atoms with Crippen LogP contribution in [0.25, 0.3) is 11.1 Å². The van der Waals surface area contributed by atoms with Crippen LogP contribution in [0.15, 0.2) is 48.5 Å². The number of hydrogen-bond donors (Lipinski definition) is 2. The molecule has 0 spiro atoms. The van der Waals surface area contributed by atoms with Crippen molar-refractivity contribution in [2.45, 2.75) is 38.1 Å². The van der Waals surface area contributed by atoms with Gasteiger partial charge in [-0.25, -0.2) is 9.78 Å². The first-order chi connectivity index (χ1) is 16.9. The van der Waals surface area contributed by atoms with Gasteiger partial charge in [-0.05, 0) is 42.0 Å². The Kier molecular flexibility index (Phi) is 6.25. The Balaban J connectivity index is 1.24. The van der Waals surface area contributed by atoms with E-state index in [2.05, 4.69) is 34.6 Å². The van der Waals surface area contributed by atoms with Crippen molar-refractivity contribution in [2.75, 3.05) is 18.5 Å². The summed E-state index contributed by atoms with van der Waals surface area (Å²) >= 11 is 1.08. The fourth-order valence-corrected chi connectivity index (χ4v) is 5.46. The molecule has 0 aliphatic heterocycles. The van der Waals surface area contributed by atoms with Gasteiger partial charge >= 0.3 is 12.1 Å². The van der Waals surface area contributed by atoms with Gasteiger partial charge < -0.3 is 14.7 Å². The summed E-state index contributed by atoms with van der Waals surface area (Å²) in [6.07, 6.45) is 0.997. The lowest BCUT2D eigenvalue weighted by Gasteiger charge is -2.20. The number of thiazole rings is 1. The SMILES string of the molecule is Cc1nc(NC(=O)OCC2c3ccccc3-c3ccccc32)sc1C(=O)N(CCC(=O)O)C1CC1. The van der Waals surface area contributed by atoms with Crippen molar-refractivity contribution in [1.29, 1.82) is 0 Å². The molecule has 2 aromatic carbocycles. The largest absolute Gasteiger partial charge is 0.481 e. The maximum atomic E-state index is 13.1. The molecular formula is C26H25N3O5S. The molecule has 5 rings (SSSR count).